The number of hydrogen-bond donors (Lipinski definition) is 3. The average Bonchev–Trinajstić information content (AvgIpc) is 2.90. The highest BCUT2D eigenvalue weighted by molar-refractivity contribution is 8.93. The monoisotopic (exact) mass is 412 g/mol. The molecule has 1 atom stereocenters. The van der Waals surface area contributed by atoms with E-state index in [1.807, 2.05) is 0 Å². The SMILES string of the molecule is Br.CCN1CCC[C@H]1CNC(=O)c1c(O)c(Cl)cc(Cl)c1O. The van der Waals surface area contributed by atoms with E-state index in [-0.39, 0.29) is 38.6 Å². The molecule has 0 spiro atoms. The van der Waals surface area contributed by atoms with Crippen LogP contribution in [0.2, 0.25) is 10.0 Å². The maximum Gasteiger partial charge on any atom is 0.259 e. The van der Waals surface area contributed by atoms with Crippen molar-refractivity contribution < 1.29 is 15.0 Å². The van der Waals surface area contributed by atoms with Crippen molar-refractivity contribution in [2.45, 2.75) is 25.8 Å². The van der Waals surface area contributed by atoms with Gasteiger partial charge >= 0.3 is 0 Å². The fraction of sp³-hybridized carbons (Fsp3) is 0.500. The van der Waals surface area contributed by atoms with Gasteiger partial charge in [0.15, 0.2) is 11.5 Å². The molecule has 22 heavy (non-hydrogen) atoms. The van der Waals surface area contributed by atoms with Crippen molar-refractivity contribution in [1.82, 2.24) is 10.2 Å². The molecule has 1 heterocycles. The lowest BCUT2D eigenvalue weighted by molar-refractivity contribution is 0.0936. The fourth-order valence-corrected chi connectivity index (χ4v) is 3.12. The van der Waals surface area contributed by atoms with E-state index in [1.165, 1.54) is 6.07 Å². The van der Waals surface area contributed by atoms with E-state index in [0.717, 1.165) is 25.9 Å². The Hall–Kier alpha value is -0.690. The largest absolute Gasteiger partial charge is 0.505 e. The second kappa shape index (κ2) is 8.24. The van der Waals surface area contributed by atoms with Gasteiger partial charge in [-0.3, -0.25) is 9.69 Å². The summed E-state index contributed by atoms with van der Waals surface area (Å²) in [6, 6.07) is 1.47. The van der Waals surface area contributed by atoms with E-state index in [2.05, 4.69) is 17.1 Å². The second-order valence-corrected chi connectivity index (χ2v) is 5.86. The summed E-state index contributed by atoms with van der Waals surface area (Å²) in [6.45, 7) is 4.49. The van der Waals surface area contributed by atoms with Gasteiger partial charge in [-0.25, -0.2) is 0 Å². The van der Waals surface area contributed by atoms with Crippen LogP contribution in [0, 0.1) is 0 Å². The summed E-state index contributed by atoms with van der Waals surface area (Å²) in [6.07, 6.45) is 2.12. The fourth-order valence-electron chi connectivity index (χ4n) is 2.66. The summed E-state index contributed by atoms with van der Waals surface area (Å²) in [5.74, 6) is -1.51. The Morgan fingerprint density at radius 3 is 2.50 bits per heavy atom. The number of phenolic OH excluding ortho intramolecular Hbond substituents is 2. The molecule has 1 amide bonds. The first-order valence-electron chi connectivity index (χ1n) is 6.87. The molecule has 0 saturated carbocycles. The Morgan fingerprint density at radius 2 is 1.95 bits per heavy atom. The molecule has 1 aliphatic rings. The third-order valence-electron chi connectivity index (χ3n) is 3.81. The zero-order chi connectivity index (χ0) is 15.6. The minimum atomic E-state index is -0.586. The van der Waals surface area contributed by atoms with Crippen LogP contribution in [0.4, 0.5) is 0 Å². The molecule has 8 heteroatoms. The number of aromatic hydroxyl groups is 2. The summed E-state index contributed by atoms with van der Waals surface area (Å²) in [4.78, 5) is 14.5. The number of carbonyl (C=O) groups is 1. The van der Waals surface area contributed by atoms with Crippen molar-refractivity contribution in [2.24, 2.45) is 0 Å². The number of halogens is 3. The summed E-state index contributed by atoms with van der Waals surface area (Å²) in [5.41, 5.74) is -0.284. The summed E-state index contributed by atoms with van der Waals surface area (Å²) in [7, 11) is 0. The second-order valence-electron chi connectivity index (χ2n) is 5.05. The van der Waals surface area contributed by atoms with Crippen LogP contribution in [0.5, 0.6) is 11.5 Å². The minimum Gasteiger partial charge on any atom is -0.505 e. The number of benzene rings is 1. The molecule has 0 bridgehead atoms. The van der Waals surface area contributed by atoms with Crippen LogP contribution in [0.25, 0.3) is 0 Å². The predicted molar refractivity (Wildman–Crippen MR) is 92.7 cm³/mol. The molecular weight excluding hydrogens is 395 g/mol. The maximum absolute atomic E-state index is 12.2. The molecule has 1 aromatic rings. The van der Waals surface area contributed by atoms with Crippen LogP contribution in [-0.2, 0) is 0 Å². The molecule has 1 aromatic carbocycles. The molecular formula is C14H19BrCl2N2O3. The third kappa shape index (κ3) is 3.98. The quantitative estimate of drug-likeness (QED) is 0.708. The van der Waals surface area contributed by atoms with Gasteiger partial charge < -0.3 is 15.5 Å². The molecule has 0 radical (unpaired) electrons. The highest BCUT2D eigenvalue weighted by Crippen LogP contribution is 2.39. The number of phenols is 2. The van der Waals surface area contributed by atoms with Crippen molar-refractivity contribution in [3.63, 3.8) is 0 Å². The molecule has 0 aromatic heterocycles. The van der Waals surface area contributed by atoms with Gasteiger partial charge in [0.05, 0.1) is 10.0 Å². The first-order valence-corrected chi connectivity index (χ1v) is 7.63. The number of amides is 1. The summed E-state index contributed by atoms with van der Waals surface area (Å²) in [5, 5.41) is 22.3. The molecule has 0 aliphatic carbocycles. The van der Waals surface area contributed by atoms with Gasteiger partial charge in [0.1, 0.15) is 5.56 Å². The molecule has 2 rings (SSSR count). The number of carbonyl (C=O) groups excluding carboxylic acids is 1. The van der Waals surface area contributed by atoms with Crippen LogP contribution >= 0.6 is 40.2 Å². The number of rotatable bonds is 4. The zero-order valence-electron chi connectivity index (χ0n) is 12.1. The Kier molecular flexibility index (Phi) is 7.25. The number of hydrogen-bond acceptors (Lipinski definition) is 4. The molecule has 1 saturated heterocycles. The zero-order valence-corrected chi connectivity index (χ0v) is 15.3. The van der Waals surface area contributed by atoms with Gasteiger partial charge in [0.25, 0.3) is 5.91 Å². The van der Waals surface area contributed by atoms with Crippen LogP contribution in [-0.4, -0.2) is 46.7 Å². The lowest BCUT2D eigenvalue weighted by Gasteiger charge is -2.23. The van der Waals surface area contributed by atoms with Gasteiger partial charge in [0.2, 0.25) is 0 Å². The molecule has 5 nitrogen and oxygen atoms in total. The standard InChI is InChI=1S/C14H18Cl2N2O3.BrH/c1-2-18-5-3-4-8(18)7-17-14(21)11-12(19)9(15)6-10(16)13(11)20;/h6,8,19-20H,2-5,7H2,1H3,(H,17,21);1H/t8-;/m0./s1. The first-order chi connectivity index (χ1) is 9.95. The Labute approximate surface area is 150 Å². The van der Waals surface area contributed by atoms with Crippen molar-refractivity contribution in [2.75, 3.05) is 19.6 Å². The molecule has 1 fully saturated rings. The Morgan fingerprint density at radius 1 is 1.36 bits per heavy atom. The number of nitrogens with one attached hydrogen (secondary N) is 1. The summed E-state index contributed by atoms with van der Waals surface area (Å²) >= 11 is 11.5. The van der Waals surface area contributed by atoms with Crippen molar-refractivity contribution in [3.8, 4) is 11.5 Å². The van der Waals surface area contributed by atoms with Crippen molar-refractivity contribution >= 4 is 46.1 Å². The van der Waals surface area contributed by atoms with Crippen LogP contribution in [0.15, 0.2) is 6.07 Å². The lowest BCUT2D eigenvalue weighted by Crippen LogP contribution is -2.40. The van der Waals surface area contributed by atoms with Crippen LogP contribution in [0.3, 0.4) is 0 Å². The lowest BCUT2D eigenvalue weighted by atomic mass is 10.1. The van der Waals surface area contributed by atoms with E-state index in [0.29, 0.717) is 6.54 Å². The average molecular weight is 414 g/mol. The van der Waals surface area contributed by atoms with Crippen molar-refractivity contribution in [1.29, 1.82) is 0 Å². The number of nitrogens with zero attached hydrogens (tertiary/aromatic N) is 1. The highest BCUT2D eigenvalue weighted by atomic mass is 79.9. The topological polar surface area (TPSA) is 72.8 Å². The van der Waals surface area contributed by atoms with Crippen LogP contribution < -0.4 is 5.32 Å². The normalized spacial score (nSPS) is 18.0. The molecule has 3 N–H and O–H groups in total. The smallest absolute Gasteiger partial charge is 0.259 e. The summed E-state index contributed by atoms with van der Waals surface area (Å²) < 4.78 is 0. The van der Waals surface area contributed by atoms with Gasteiger partial charge in [-0.15, -0.1) is 17.0 Å². The Balaban J connectivity index is 0.00000242. The van der Waals surface area contributed by atoms with Gasteiger partial charge in [-0.05, 0) is 32.0 Å². The van der Waals surface area contributed by atoms with E-state index in [9.17, 15) is 15.0 Å². The highest BCUT2D eigenvalue weighted by Gasteiger charge is 2.26. The van der Waals surface area contributed by atoms with E-state index in [4.69, 9.17) is 23.2 Å². The van der Waals surface area contributed by atoms with E-state index in [1.54, 1.807) is 0 Å². The van der Waals surface area contributed by atoms with E-state index < -0.39 is 17.4 Å². The number of likely N-dealkylation sites (tertiary alicyclic amines) is 1. The number of likely N-dealkylation sites (N-methyl/N-ethyl adjacent to an activating group) is 1. The maximum atomic E-state index is 12.2. The third-order valence-corrected chi connectivity index (χ3v) is 4.39. The molecule has 1 aliphatic heterocycles. The van der Waals surface area contributed by atoms with Crippen molar-refractivity contribution in [3.05, 3.63) is 21.7 Å². The molecule has 0 unspecified atom stereocenters. The Bertz CT molecular complexity index is 531. The first kappa shape index (κ1) is 19.4. The minimum absolute atomic E-state index is 0. The molecule has 124 valence electrons. The van der Waals surface area contributed by atoms with E-state index >= 15 is 0 Å². The predicted octanol–water partition coefficient (Wildman–Crippen LogP) is 3.20. The van der Waals surface area contributed by atoms with Crippen LogP contribution in [0.1, 0.15) is 30.1 Å². The van der Waals surface area contributed by atoms with Gasteiger partial charge in [0, 0.05) is 12.6 Å². The van der Waals surface area contributed by atoms with Gasteiger partial charge in [-0.2, -0.15) is 0 Å². The van der Waals surface area contributed by atoms with Gasteiger partial charge in [-0.1, -0.05) is 30.1 Å².